The largest absolute Gasteiger partial charge is 0.489 e. The molecule has 7 heteroatoms. The minimum Gasteiger partial charge on any atom is -0.489 e. The first-order valence-electron chi connectivity index (χ1n) is 9.60. The van der Waals surface area contributed by atoms with E-state index in [1.807, 2.05) is 19.9 Å². The van der Waals surface area contributed by atoms with Gasteiger partial charge in [-0.15, -0.1) is 0 Å². The van der Waals surface area contributed by atoms with E-state index in [0.717, 1.165) is 29.9 Å². The third kappa shape index (κ3) is 4.52. The van der Waals surface area contributed by atoms with Crippen molar-refractivity contribution in [1.29, 1.82) is 0 Å². The second-order valence-electron chi connectivity index (χ2n) is 6.96. The van der Waals surface area contributed by atoms with Gasteiger partial charge in [0.05, 0.1) is 23.8 Å². The van der Waals surface area contributed by atoms with Crippen LogP contribution in [0.25, 0.3) is 0 Å². The predicted molar refractivity (Wildman–Crippen MR) is 102 cm³/mol. The topological polar surface area (TPSA) is 81.9 Å². The number of likely N-dealkylation sites (tertiary alicyclic amines) is 1. The molecular weight excluding hydrogens is 360 g/mol. The highest BCUT2D eigenvalue weighted by Crippen LogP contribution is 2.23. The van der Waals surface area contributed by atoms with E-state index in [1.165, 1.54) is 0 Å². The summed E-state index contributed by atoms with van der Waals surface area (Å²) in [5, 5.41) is 3.92. The Morgan fingerprint density at radius 1 is 1.32 bits per heavy atom. The maximum atomic E-state index is 12.9. The van der Waals surface area contributed by atoms with Gasteiger partial charge in [0.25, 0.3) is 5.91 Å². The number of piperidine rings is 1. The molecule has 2 heterocycles. The van der Waals surface area contributed by atoms with E-state index in [-0.39, 0.29) is 17.8 Å². The third-order valence-corrected chi connectivity index (χ3v) is 4.97. The van der Waals surface area contributed by atoms with Gasteiger partial charge in [0.15, 0.2) is 0 Å². The van der Waals surface area contributed by atoms with Crippen molar-refractivity contribution in [3.8, 4) is 5.75 Å². The number of carbonyl (C=O) groups is 2. The van der Waals surface area contributed by atoms with Crippen molar-refractivity contribution in [1.82, 2.24) is 10.1 Å². The van der Waals surface area contributed by atoms with Crippen LogP contribution in [0.4, 0.5) is 0 Å². The fourth-order valence-corrected chi connectivity index (χ4v) is 3.38. The summed E-state index contributed by atoms with van der Waals surface area (Å²) >= 11 is 0. The lowest BCUT2D eigenvalue weighted by molar-refractivity contribution is -0.149. The van der Waals surface area contributed by atoms with Gasteiger partial charge in [0.1, 0.15) is 18.1 Å². The molecule has 0 aliphatic carbocycles. The van der Waals surface area contributed by atoms with E-state index in [1.54, 1.807) is 30.0 Å². The van der Waals surface area contributed by atoms with Crippen molar-refractivity contribution in [2.24, 2.45) is 5.92 Å². The van der Waals surface area contributed by atoms with E-state index >= 15 is 0 Å². The molecule has 1 aromatic carbocycles. The number of nitrogens with zero attached hydrogens (tertiary/aromatic N) is 2. The molecule has 2 aromatic rings. The van der Waals surface area contributed by atoms with Gasteiger partial charge < -0.3 is 18.9 Å². The lowest BCUT2D eigenvalue weighted by Gasteiger charge is -2.31. The second kappa shape index (κ2) is 8.91. The molecule has 1 aromatic heterocycles. The first-order chi connectivity index (χ1) is 13.5. The summed E-state index contributed by atoms with van der Waals surface area (Å²) in [6, 6.07) is 7.10. The highest BCUT2D eigenvalue weighted by Gasteiger charge is 2.29. The van der Waals surface area contributed by atoms with Crippen LogP contribution in [0.5, 0.6) is 5.75 Å². The van der Waals surface area contributed by atoms with Crippen molar-refractivity contribution < 1.29 is 23.6 Å². The van der Waals surface area contributed by atoms with E-state index in [2.05, 4.69) is 5.16 Å². The maximum absolute atomic E-state index is 12.9. The molecule has 0 saturated carbocycles. The minimum atomic E-state index is -0.253. The summed E-state index contributed by atoms with van der Waals surface area (Å²) in [6.07, 6.45) is 1.54. The Hall–Kier alpha value is -2.83. The van der Waals surface area contributed by atoms with Crippen molar-refractivity contribution in [2.45, 2.75) is 40.2 Å². The van der Waals surface area contributed by atoms with Crippen LogP contribution in [0.3, 0.4) is 0 Å². The Kier molecular flexibility index (Phi) is 6.34. The molecule has 1 fully saturated rings. The number of carbonyl (C=O) groups excluding carboxylic acids is 2. The molecule has 3 rings (SSSR count). The Morgan fingerprint density at radius 2 is 2.14 bits per heavy atom. The van der Waals surface area contributed by atoms with Crippen LogP contribution in [0.2, 0.25) is 0 Å². The highest BCUT2D eigenvalue weighted by atomic mass is 16.5. The average Bonchev–Trinajstić information content (AvgIpc) is 3.04. The zero-order chi connectivity index (χ0) is 20.1. The minimum absolute atomic E-state index is 0.100. The highest BCUT2D eigenvalue weighted by molar-refractivity contribution is 5.95. The SMILES string of the molecule is CCOC(=O)[C@H]1CCCN(C(=O)c2cccc(OCc3c(C)noc3C)c2)C1. The van der Waals surface area contributed by atoms with Crippen molar-refractivity contribution in [3.05, 3.63) is 46.8 Å². The smallest absolute Gasteiger partial charge is 0.310 e. The summed E-state index contributed by atoms with van der Waals surface area (Å²) in [7, 11) is 0. The predicted octanol–water partition coefficient (Wildman–Crippen LogP) is 3.29. The van der Waals surface area contributed by atoms with Gasteiger partial charge in [0, 0.05) is 18.7 Å². The van der Waals surface area contributed by atoms with Gasteiger partial charge in [-0.3, -0.25) is 9.59 Å². The monoisotopic (exact) mass is 386 g/mol. The van der Waals surface area contributed by atoms with Crippen LogP contribution < -0.4 is 4.74 Å². The van der Waals surface area contributed by atoms with Gasteiger partial charge in [0.2, 0.25) is 0 Å². The number of ether oxygens (including phenoxy) is 2. The van der Waals surface area contributed by atoms with Crippen LogP contribution >= 0.6 is 0 Å². The molecule has 150 valence electrons. The average molecular weight is 386 g/mol. The molecule has 7 nitrogen and oxygen atoms in total. The molecule has 0 N–H and O–H groups in total. The zero-order valence-electron chi connectivity index (χ0n) is 16.6. The van der Waals surface area contributed by atoms with Crippen LogP contribution in [0.15, 0.2) is 28.8 Å². The first kappa shape index (κ1) is 19.9. The van der Waals surface area contributed by atoms with Crippen molar-refractivity contribution in [2.75, 3.05) is 19.7 Å². The zero-order valence-corrected chi connectivity index (χ0v) is 16.6. The normalized spacial score (nSPS) is 16.7. The molecule has 0 spiro atoms. The molecule has 1 aliphatic rings. The summed E-state index contributed by atoms with van der Waals surface area (Å²) in [4.78, 5) is 26.6. The standard InChI is InChI=1S/C21H26N2O5/c1-4-26-21(25)17-8-6-10-23(12-17)20(24)16-7-5-9-18(11-16)27-13-19-14(2)22-28-15(19)3/h5,7,9,11,17H,4,6,8,10,12-13H2,1-3H3/t17-/m0/s1. The summed E-state index contributed by atoms with van der Waals surface area (Å²) < 4.78 is 16.1. The van der Waals surface area contributed by atoms with Crippen molar-refractivity contribution >= 4 is 11.9 Å². The quantitative estimate of drug-likeness (QED) is 0.709. The first-order valence-corrected chi connectivity index (χ1v) is 9.60. The number of hydrogen-bond acceptors (Lipinski definition) is 6. The van der Waals surface area contributed by atoms with Gasteiger partial charge in [-0.05, 0) is 51.8 Å². The molecule has 0 radical (unpaired) electrons. The summed E-state index contributed by atoms with van der Waals surface area (Å²) in [6.45, 7) is 7.21. The fraction of sp³-hybridized carbons (Fsp3) is 0.476. The summed E-state index contributed by atoms with van der Waals surface area (Å²) in [5.74, 6) is 0.748. The lowest BCUT2D eigenvalue weighted by atomic mass is 9.97. The number of aryl methyl sites for hydroxylation is 2. The fourth-order valence-electron chi connectivity index (χ4n) is 3.38. The van der Waals surface area contributed by atoms with E-state index in [0.29, 0.717) is 37.6 Å². The number of amides is 1. The van der Waals surface area contributed by atoms with Crippen LogP contribution in [-0.4, -0.2) is 41.6 Å². The number of rotatable bonds is 6. The van der Waals surface area contributed by atoms with Crippen LogP contribution in [0, 0.1) is 19.8 Å². The molecule has 1 aliphatic heterocycles. The summed E-state index contributed by atoms with van der Waals surface area (Å²) in [5.41, 5.74) is 2.24. The van der Waals surface area contributed by atoms with Crippen LogP contribution in [-0.2, 0) is 16.1 Å². The second-order valence-corrected chi connectivity index (χ2v) is 6.96. The number of aromatic nitrogens is 1. The van der Waals surface area contributed by atoms with Crippen molar-refractivity contribution in [3.63, 3.8) is 0 Å². The molecule has 28 heavy (non-hydrogen) atoms. The number of hydrogen-bond donors (Lipinski definition) is 0. The molecule has 1 atom stereocenters. The van der Waals surface area contributed by atoms with E-state index in [9.17, 15) is 9.59 Å². The Morgan fingerprint density at radius 3 is 2.86 bits per heavy atom. The third-order valence-electron chi connectivity index (χ3n) is 4.97. The van der Waals surface area contributed by atoms with Gasteiger partial charge >= 0.3 is 5.97 Å². The Labute approximate surface area is 164 Å². The van der Waals surface area contributed by atoms with Gasteiger partial charge in [-0.1, -0.05) is 11.2 Å². The van der Waals surface area contributed by atoms with E-state index < -0.39 is 0 Å². The maximum Gasteiger partial charge on any atom is 0.310 e. The molecule has 1 amide bonds. The number of esters is 1. The Bertz CT molecular complexity index is 826. The van der Waals surface area contributed by atoms with Crippen LogP contribution in [0.1, 0.15) is 47.1 Å². The Balaban J connectivity index is 1.65. The lowest BCUT2D eigenvalue weighted by Crippen LogP contribution is -2.42. The van der Waals surface area contributed by atoms with E-state index in [4.69, 9.17) is 14.0 Å². The van der Waals surface area contributed by atoms with Gasteiger partial charge in [-0.2, -0.15) is 0 Å². The molecular formula is C21H26N2O5. The molecule has 1 saturated heterocycles. The number of benzene rings is 1. The molecule has 0 bridgehead atoms. The molecule has 0 unspecified atom stereocenters. The van der Waals surface area contributed by atoms with Gasteiger partial charge in [-0.25, -0.2) is 0 Å².